The molecule has 112 valence electrons. The zero-order chi connectivity index (χ0) is 15.7. The topological polar surface area (TPSA) is 58.5 Å². The van der Waals surface area contributed by atoms with Crippen molar-refractivity contribution in [2.45, 2.75) is 13.8 Å². The molecule has 7 heteroatoms. The number of hydrogen-bond acceptors (Lipinski definition) is 6. The lowest BCUT2D eigenvalue weighted by Crippen LogP contribution is -2.23. The third-order valence-electron chi connectivity index (χ3n) is 3.05. The zero-order valence-electron chi connectivity index (χ0n) is 12.4. The predicted octanol–water partition coefficient (Wildman–Crippen LogP) is 3.39. The molecule has 0 saturated carbocycles. The summed E-state index contributed by atoms with van der Waals surface area (Å²) in [5, 5.41) is 9.95. The molecule has 0 radical (unpaired) electrons. The number of hydrogen-bond donors (Lipinski definition) is 0. The number of aryl methyl sites for hydroxylation is 2. The Morgan fingerprint density at radius 1 is 1.27 bits per heavy atom. The van der Waals surface area contributed by atoms with Gasteiger partial charge in [0.05, 0.1) is 4.91 Å². The second-order valence-electron chi connectivity index (χ2n) is 4.89. The maximum absolute atomic E-state index is 12.3. The number of carbonyl (C=O) groups excluding carboxylic acids is 1. The zero-order valence-corrected chi connectivity index (χ0v) is 14.0. The molecule has 0 N–H and O–H groups in total. The predicted molar refractivity (Wildman–Crippen MR) is 91.3 cm³/mol. The number of aliphatic imine (C=N–C) groups is 1. The number of thioether (sulfide) groups is 1. The maximum atomic E-state index is 12.3. The summed E-state index contributed by atoms with van der Waals surface area (Å²) in [6.45, 7) is 3.91. The second-order valence-corrected chi connectivity index (χ2v) is 7.06. The van der Waals surface area contributed by atoms with E-state index in [1.807, 2.05) is 44.2 Å². The van der Waals surface area contributed by atoms with E-state index in [0.717, 1.165) is 16.1 Å². The molecule has 1 saturated heterocycles. The van der Waals surface area contributed by atoms with E-state index in [4.69, 9.17) is 0 Å². The van der Waals surface area contributed by atoms with E-state index >= 15 is 0 Å². The number of amidine groups is 1. The molecule has 1 aromatic carbocycles. The van der Waals surface area contributed by atoms with E-state index in [0.29, 0.717) is 15.2 Å². The molecule has 0 bridgehead atoms. The first-order valence-electron chi connectivity index (χ1n) is 6.66. The minimum absolute atomic E-state index is 0.0495. The first kappa shape index (κ1) is 14.9. The molecular formula is C15H14N4OS2. The Kier molecular flexibility index (Phi) is 4.08. The van der Waals surface area contributed by atoms with Gasteiger partial charge in [-0.05, 0) is 37.2 Å². The summed E-state index contributed by atoms with van der Waals surface area (Å²) in [6.07, 6.45) is 1.89. The molecule has 0 unspecified atom stereocenters. The van der Waals surface area contributed by atoms with Crippen LogP contribution in [0, 0.1) is 13.8 Å². The van der Waals surface area contributed by atoms with Gasteiger partial charge in [-0.1, -0.05) is 41.2 Å². The van der Waals surface area contributed by atoms with Crippen LogP contribution in [0.3, 0.4) is 0 Å². The summed E-state index contributed by atoms with van der Waals surface area (Å²) in [5.74, 6) is -0.0495. The van der Waals surface area contributed by atoms with Gasteiger partial charge in [0, 0.05) is 7.05 Å². The van der Waals surface area contributed by atoms with E-state index < -0.39 is 0 Å². The highest BCUT2D eigenvalue weighted by Gasteiger charge is 2.30. The number of carbonyl (C=O) groups is 1. The number of benzene rings is 1. The van der Waals surface area contributed by atoms with Crippen LogP contribution in [0.15, 0.2) is 34.2 Å². The fourth-order valence-electron chi connectivity index (χ4n) is 1.98. The Hall–Kier alpha value is -1.99. The van der Waals surface area contributed by atoms with Crippen molar-refractivity contribution in [2.75, 3.05) is 7.05 Å². The van der Waals surface area contributed by atoms with E-state index in [-0.39, 0.29) is 5.91 Å². The number of nitrogens with zero attached hydrogens (tertiary/aromatic N) is 4. The highest BCUT2D eigenvalue weighted by molar-refractivity contribution is 8.18. The van der Waals surface area contributed by atoms with Gasteiger partial charge in [0.15, 0.2) is 5.17 Å². The minimum atomic E-state index is -0.0495. The van der Waals surface area contributed by atoms with Crippen molar-refractivity contribution in [3.63, 3.8) is 0 Å². The van der Waals surface area contributed by atoms with Crippen LogP contribution in [-0.4, -0.2) is 33.2 Å². The van der Waals surface area contributed by atoms with Crippen LogP contribution in [0.4, 0.5) is 5.13 Å². The third kappa shape index (κ3) is 3.10. The number of aromatic nitrogens is 2. The Morgan fingerprint density at radius 2 is 2.09 bits per heavy atom. The van der Waals surface area contributed by atoms with E-state index in [9.17, 15) is 4.79 Å². The van der Waals surface area contributed by atoms with Gasteiger partial charge in [0.25, 0.3) is 5.91 Å². The van der Waals surface area contributed by atoms with E-state index in [1.54, 1.807) is 11.9 Å². The summed E-state index contributed by atoms with van der Waals surface area (Å²) >= 11 is 2.76. The molecule has 5 nitrogen and oxygen atoms in total. The molecule has 3 rings (SSSR count). The smallest absolute Gasteiger partial charge is 0.266 e. The SMILES string of the molecule is Cc1cccc(/C=C2\S/C(=N/c3nnc(C)s3)N(C)C2=O)c1. The van der Waals surface area contributed by atoms with Gasteiger partial charge in [-0.25, -0.2) is 0 Å². The first-order valence-corrected chi connectivity index (χ1v) is 8.29. The van der Waals surface area contributed by atoms with Crippen LogP contribution >= 0.6 is 23.1 Å². The average Bonchev–Trinajstić information content (AvgIpc) is 2.99. The quantitative estimate of drug-likeness (QED) is 0.792. The molecular weight excluding hydrogens is 316 g/mol. The first-order chi connectivity index (χ1) is 10.5. The lowest BCUT2D eigenvalue weighted by atomic mass is 10.1. The molecule has 0 spiro atoms. The van der Waals surface area contributed by atoms with Crippen molar-refractivity contribution in [3.8, 4) is 0 Å². The molecule has 0 aliphatic carbocycles. The van der Waals surface area contributed by atoms with Gasteiger partial charge in [-0.15, -0.1) is 10.2 Å². The van der Waals surface area contributed by atoms with Crippen LogP contribution in [0.25, 0.3) is 6.08 Å². The fraction of sp³-hybridized carbons (Fsp3) is 0.200. The molecule has 2 heterocycles. The highest BCUT2D eigenvalue weighted by Crippen LogP contribution is 2.33. The molecule has 1 fully saturated rings. The van der Waals surface area contributed by atoms with Gasteiger partial charge >= 0.3 is 0 Å². The molecule has 2 aromatic rings. The normalized spacial score (nSPS) is 18.7. The minimum Gasteiger partial charge on any atom is -0.289 e. The fourth-order valence-corrected chi connectivity index (χ4v) is 3.56. The summed E-state index contributed by atoms with van der Waals surface area (Å²) in [5.41, 5.74) is 2.17. The highest BCUT2D eigenvalue weighted by atomic mass is 32.2. The summed E-state index contributed by atoms with van der Waals surface area (Å²) < 4.78 is 0. The van der Waals surface area contributed by atoms with Crippen LogP contribution in [-0.2, 0) is 4.79 Å². The second kappa shape index (κ2) is 6.02. The Balaban J connectivity index is 1.90. The monoisotopic (exact) mass is 330 g/mol. The van der Waals surface area contributed by atoms with Gasteiger partial charge in [0.1, 0.15) is 5.01 Å². The Labute approximate surface area is 136 Å². The summed E-state index contributed by atoms with van der Waals surface area (Å²) in [4.78, 5) is 18.9. The average molecular weight is 330 g/mol. The van der Waals surface area contributed by atoms with Crippen LogP contribution < -0.4 is 0 Å². The molecule has 1 aliphatic rings. The Morgan fingerprint density at radius 3 is 2.77 bits per heavy atom. The van der Waals surface area contributed by atoms with E-state index in [2.05, 4.69) is 15.2 Å². The van der Waals surface area contributed by atoms with Crippen molar-refractivity contribution in [1.82, 2.24) is 15.1 Å². The van der Waals surface area contributed by atoms with Crippen molar-refractivity contribution in [2.24, 2.45) is 4.99 Å². The number of likely N-dealkylation sites (N-methyl/N-ethyl adjacent to an activating group) is 1. The van der Waals surface area contributed by atoms with Gasteiger partial charge in [-0.3, -0.25) is 9.69 Å². The Bertz CT molecular complexity index is 794. The number of rotatable bonds is 2. The molecule has 1 amide bonds. The molecule has 1 aromatic heterocycles. The van der Waals surface area contributed by atoms with Crippen molar-refractivity contribution >= 4 is 45.4 Å². The summed E-state index contributed by atoms with van der Waals surface area (Å²) in [7, 11) is 1.72. The van der Waals surface area contributed by atoms with Crippen LogP contribution in [0.5, 0.6) is 0 Å². The van der Waals surface area contributed by atoms with E-state index in [1.165, 1.54) is 23.1 Å². The van der Waals surface area contributed by atoms with Crippen molar-refractivity contribution < 1.29 is 4.79 Å². The molecule has 0 atom stereocenters. The third-order valence-corrected chi connectivity index (χ3v) is 4.84. The van der Waals surface area contributed by atoms with Gasteiger partial charge in [-0.2, -0.15) is 4.99 Å². The summed E-state index contributed by atoms with van der Waals surface area (Å²) in [6, 6.07) is 8.04. The lowest BCUT2D eigenvalue weighted by molar-refractivity contribution is -0.121. The standard InChI is InChI=1S/C15H14N4OS2/c1-9-5-4-6-11(7-9)8-12-13(20)19(3)15(22-12)16-14-18-17-10(2)21-14/h4-8H,1-3H3/b12-8-,16-15+. The van der Waals surface area contributed by atoms with Crippen LogP contribution in [0.2, 0.25) is 0 Å². The van der Waals surface area contributed by atoms with Gasteiger partial charge in [0.2, 0.25) is 5.13 Å². The molecule has 22 heavy (non-hydrogen) atoms. The van der Waals surface area contributed by atoms with Crippen LogP contribution in [0.1, 0.15) is 16.1 Å². The van der Waals surface area contributed by atoms with Crippen molar-refractivity contribution in [3.05, 3.63) is 45.3 Å². The van der Waals surface area contributed by atoms with Crippen molar-refractivity contribution in [1.29, 1.82) is 0 Å². The largest absolute Gasteiger partial charge is 0.289 e. The number of amides is 1. The maximum Gasteiger partial charge on any atom is 0.266 e. The molecule has 1 aliphatic heterocycles. The van der Waals surface area contributed by atoms with Gasteiger partial charge < -0.3 is 0 Å². The lowest BCUT2D eigenvalue weighted by Gasteiger charge is -2.05.